The lowest BCUT2D eigenvalue weighted by molar-refractivity contribution is 0.252. The van der Waals surface area contributed by atoms with E-state index in [4.69, 9.17) is 0 Å². The minimum Gasteiger partial charge on any atom is -0.100 e. The van der Waals surface area contributed by atoms with Crippen LogP contribution in [0.2, 0.25) is 0 Å². The van der Waals surface area contributed by atoms with Crippen LogP contribution in [0, 0.1) is 11.8 Å². The van der Waals surface area contributed by atoms with Gasteiger partial charge >= 0.3 is 0 Å². The van der Waals surface area contributed by atoms with Gasteiger partial charge in [-0.15, -0.1) is 6.58 Å². The van der Waals surface area contributed by atoms with E-state index in [1.54, 1.807) is 0 Å². The molecule has 0 heteroatoms. The second-order valence-corrected chi connectivity index (χ2v) is 9.07. The maximum atomic E-state index is 4.00. The third-order valence-corrected chi connectivity index (χ3v) is 6.59. The Kier molecular flexibility index (Phi) is 7.95. The van der Waals surface area contributed by atoms with Crippen molar-refractivity contribution in [1.82, 2.24) is 0 Å². The Hall–Kier alpha value is -1.82. The zero-order chi connectivity index (χ0) is 19.8. The summed E-state index contributed by atoms with van der Waals surface area (Å²) in [5, 5.41) is 0. The van der Waals surface area contributed by atoms with Crippen molar-refractivity contribution in [3.8, 4) is 11.1 Å². The average Bonchev–Trinajstić information content (AvgIpc) is 2.73. The summed E-state index contributed by atoms with van der Waals surface area (Å²) in [7, 11) is 0. The molecule has 1 aliphatic rings. The van der Waals surface area contributed by atoms with Crippen LogP contribution in [0.1, 0.15) is 76.3 Å². The quantitative estimate of drug-likeness (QED) is 0.386. The van der Waals surface area contributed by atoms with Crippen molar-refractivity contribution >= 4 is 0 Å². The Morgan fingerprint density at radius 3 is 1.68 bits per heavy atom. The molecule has 0 saturated heterocycles. The Labute approximate surface area is 173 Å². The molecule has 28 heavy (non-hydrogen) atoms. The summed E-state index contributed by atoms with van der Waals surface area (Å²) in [6, 6.07) is 18.3. The molecule has 2 aromatic rings. The zero-order valence-corrected chi connectivity index (χ0v) is 18.1. The molecule has 2 aromatic carbocycles. The molecule has 0 unspecified atom stereocenters. The fourth-order valence-electron chi connectivity index (χ4n) is 4.67. The predicted octanol–water partition coefficient (Wildman–Crippen LogP) is 8.40. The minimum absolute atomic E-state index is 0.958. The van der Waals surface area contributed by atoms with Crippen LogP contribution in [-0.4, -0.2) is 0 Å². The van der Waals surface area contributed by atoms with Crippen molar-refractivity contribution in [1.29, 1.82) is 0 Å². The van der Waals surface area contributed by atoms with E-state index in [1.807, 2.05) is 0 Å². The molecule has 0 spiro atoms. The summed E-state index contributed by atoms with van der Waals surface area (Å²) in [4.78, 5) is 0. The van der Waals surface area contributed by atoms with Crippen molar-refractivity contribution in [2.45, 2.75) is 78.1 Å². The second-order valence-electron chi connectivity index (χ2n) is 9.07. The van der Waals surface area contributed by atoms with Gasteiger partial charge in [0.25, 0.3) is 0 Å². The Balaban J connectivity index is 1.48. The van der Waals surface area contributed by atoms with Gasteiger partial charge < -0.3 is 0 Å². The fraction of sp³-hybridized carbons (Fsp3) is 0.500. The SMILES string of the molecule is C=C(C)CCc1ccc(-c2ccc(CCC3CCC(CCC)CC3)cc2)cc1. The second kappa shape index (κ2) is 10.6. The molecule has 1 saturated carbocycles. The smallest absolute Gasteiger partial charge is 0.0184 e. The van der Waals surface area contributed by atoms with E-state index in [2.05, 4.69) is 69.0 Å². The highest BCUT2D eigenvalue weighted by Crippen LogP contribution is 2.34. The summed E-state index contributed by atoms with van der Waals surface area (Å²) < 4.78 is 0. The molecule has 0 amide bonds. The maximum absolute atomic E-state index is 4.00. The third kappa shape index (κ3) is 6.36. The van der Waals surface area contributed by atoms with E-state index in [0.29, 0.717) is 0 Å². The van der Waals surface area contributed by atoms with Gasteiger partial charge in [0.15, 0.2) is 0 Å². The lowest BCUT2D eigenvalue weighted by atomic mass is 9.78. The van der Waals surface area contributed by atoms with Gasteiger partial charge in [0.1, 0.15) is 0 Å². The van der Waals surface area contributed by atoms with Crippen LogP contribution in [0.3, 0.4) is 0 Å². The number of allylic oxidation sites excluding steroid dienone is 1. The van der Waals surface area contributed by atoms with Crippen molar-refractivity contribution in [2.75, 3.05) is 0 Å². The largest absolute Gasteiger partial charge is 0.100 e. The van der Waals surface area contributed by atoms with E-state index < -0.39 is 0 Å². The highest BCUT2D eigenvalue weighted by molar-refractivity contribution is 5.64. The Morgan fingerprint density at radius 2 is 1.21 bits per heavy atom. The van der Waals surface area contributed by atoms with Crippen molar-refractivity contribution in [3.63, 3.8) is 0 Å². The highest BCUT2D eigenvalue weighted by atomic mass is 14.3. The monoisotopic (exact) mass is 374 g/mol. The predicted molar refractivity (Wildman–Crippen MR) is 124 cm³/mol. The van der Waals surface area contributed by atoms with Gasteiger partial charge in [0.2, 0.25) is 0 Å². The lowest BCUT2D eigenvalue weighted by Gasteiger charge is -2.28. The van der Waals surface area contributed by atoms with Gasteiger partial charge in [-0.2, -0.15) is 0 Å². The molecule has 0 radical (unpaired) electrons. The van der Waals surface area contributed by atoms with Crippen LogP contribution in [0.15, 0.2) is 60.7 Å². The maximum Gasteiger partial charge on any atom is -0.0184 e. The number of aryl methyl sites for hydroxylation is 2. The van der Waals surface area contributed by atoms with Gasteiger partial charge in [0.05, 0.1) is 0 Å². The summed E-state index contributed by atoms with van der Waals surface area (Å²) >= 11 is 0. The molecule has 0 heterocycles. The first kappa shape index (κ1) is 20.9. The van der Waals surface area contributed by atoms with Gasteiger partial charge in [-0.1, -0.05) is 99.6 Å². The van der Waals surface area contributed by atoms with Crippen molar-refractivity contribution in [3.05, 3.63) is 71.8 Å². The third-order valence-electron chi connectivity index (χ3n) is 6.59. The summed E-state index contributed by atoms with van der Waals surface area (Å²) in [5.74, 6) is 1.98. The molecule has 1 fully saturated rings. The number of rotatable bonds is 9. The molecular formula is C28H38. The van der Waals surface area contributed by atoms with Crippen LogP contribution >= 0.6 is 0 Å². The lowest BCUT2D eigenvalue weighted by Crippen LogP contribution is -2.15. The molecule has 0 bridgehead atoms. The first-order valence-electron chi connectivity index (χ1n) is 11.5. The van der Waals surface area contributed by atoms with E-state index >= 15 is 0 Å². The van der Waals surface area contributed by atoms with Crippen molar-refractivity contribution < 1.29 is 0 Å². The van der Waals surface area contributed by atoms with Gasteiger partial charge in [-0.3, -0.25) is 0 Å². The summed E-state index contributed by atoms with van der Waals surface area (Å²) in [6.45, 7) is 8.43. The molecule has 0 N–H and O–H groups in total. The molecule has 0 aromatic heterocycles. The Bertz CT molecular complexity index is 712. The molecular weight excluding hydrogens is 336 g/mol. The average molecular weight is 375 g/mol. The number of hydrogen-bond donors (Lipinski definition) is 0. The normalized spacial score (nSPS) is 19.5. The highest BCUT2D eigenvalue weighted by Gasteiger charge is 2.20. The fourth-order valence-corrected chi connectivity index (χ4v) is 4.67. The zero-order valence-electron chi connectivity index (χ0n) is 18.1. The van der Waals surface area contributed by atoms with Gasteiger partial charge in [-0.05, 0) is 66.7 Å². The van der Waals surface area contributed by atoms with Crippen LogP contribution in [-0.2, 0) is 12.8 Å². The van der Waals surface area contributed by atoms with Crippen molar-refractivity contribution in [2.24, 2.45) is 11.8 Å². The van der Waals surface area contributed by atoms with E-state index in [0.717, 1.165) is 24.7 Å². The van der Waals surface area contributed by atoms with E-state index in [-0.39, 0.29) is 0 Å². The topological polar surface area (TPSA) is 0 Å². The molecule has 0 atom stereocenters. The molecule has 1 aliphatic carbocycles. The molecule has 3 rings (SSSR count). The van der Waals surface area contributed by atoms with Crippen LogP contribution in [0.5, 0.6) is 0 Å². The Morgan fingerprint density at radius 1 is 0.750 bits per heavy atom. The van der Waals surface area contributed by atoms with E-state index in [9.17, 15) is 0 Å². The van der Waals surface area contributed by atoms with Gasteiger partial charge in [0, 0.05) is 0 Å². The van der Waals surface area contributed by atoms with Crippen LogP contribution in [0.25, 0.3) is 11.1 Å². The summed E-state index contributed by atoms with van der Waals surface area (Å²) in [5.41, 5.74) is 6.80. The first-order valence-corrected chi connectivity index (χ1v) is 11.5. The van der Waals surface area contributed by atoms with Gasteiger partial charge in [-0.25, -0.2) is 0 Å². The first-order chi connectivity index (χ1) is 13.6. The molecule has 150 valence electrons. The molecule has 0 nitrogen and oxygen atoms in total. The minimum atomic E-state index is 0.958. The summed E-state index contributed by atoms with van der Waals surface area (Å²) in [6.07, 6.45) is 13.4. The number of benzene rings is 2. The van der Waals surface area contributed by atoms with E-state index in [1.165, 1.54) is 79.2 Å². The van der Waals surface area contributed by atoms with Crippen LogP contribution < -0.4 is 0 Å². The van der Waals surface area contributed by atoms with Crippen LogP contribution in [0.4, 0.5) is 0 Å². The number of hydrogen-bond acceptors (Lipinski definition) is 0. The molecule has 0 aliphatic heterocycles. The standard InChI is InChI=1S/C28H38/c1-4-5-23-8-10-25(11-9-23)12-13-26-16-20-28(21-17-26)27-18-14-24(15-19-27)7-6-22(2)3/h14-21,23,25H,2,4-13H2,1,3H3.